The highest BCUT2D eigenvalue weighted by Gasteiger charge is 2.24. The van der Waals surface area contributed by atoms with Crippen LogP contribution < -0.4 is 4.90 Å². The van der Waals surface area contributed by atoms with Crippen LogP contribution in [0.5, 0.6) is 0 Å². The van der Waals surface area contributed by atoms with E-state index in [1.54, 1.807) is 18.4 Å². The van der Waals surface area contributed by atoms with Crippen molar-refractivity contribution in [3.8, 4) is 0 Å². The quantitative estimate of drug-likeness (QED) is 0.848. The zero-order valence-corrected chi connectivity index (χ0v) is 10.5. The maximum absolute atomic E-state index is 5.16. The highest BCUT2D eigenvalue weighted by molar-refractivity contribution is 9.10. The van der Waals surface area contributed by atoms with Gasteiger partial charge in [-0.05, 0) is 22.4 Å². The first kappa shape index (κ1) is 10.4. The molecule has 2 heterocycles. The van der Waals surface area contributed by atoms with Gasteiger partial charge in [-0.2, -0.15) is 0 Å². The van der Waals surface area contributed by atoms with E-state index in [9.17, 15) is 0 Å². The van der Waals surface area contributed by atoms with E-state index < -0.39 is 0 Å². The van der Waals surface area contributed by atoms with Crippen LogP contribution in [-0.2, 0) is 4.74 Å². The van der Waals surface area contributed by atoms with Gasteiger partial charge < -0.3 is 9.64 Å². The number of nitrogens with zero attached hydrogens (tertiary/aromatic N) is 2. The van der Waals surface area contributed by atoms with E-state index in [0.717, 1.165) is 29.4 Å². The minimum absolute atomic E-state index is 0.669. The lowest BCUT2D eigenvalue weighted by molar-refractivity contribution is 0.161. The largest absolute Gasteiger partial charge is 0.384 e. The summed E-state index contributed by atoms with van der Waals surface area (Å²) < 4.78 is 6.10. The van der Waals surface area contributed by atoms with Crippen LogP contribution in [0.15, 0.2) is 9.98 Å². The van der Waals surface area contributed by atoms with Crippen molar-refractivity contribution >= 4 is 32.4 Å². The molecular formula is C9H13BrN2OS. The fourth-order valence-corrected chi connectivity index (χ4v) is 3.06. The van der Waals surface area contributed by atoms with Gasteiger partial charge in [-0.25, -0.2) is 4.98 Å². The van der Waals surface area contributed by atoms with E-state index in [1.165, 1.54) is 6.42 Å². The SMILES string of the molecule is COCC1CCN(c2nc(Br)cs2)C1. The van der Waals surface area contributed by atoms with E-state index in [0.29, 0.717) is 5.92 Å². The zero-order chi connectivity index (χ0) is 9.97. The van der Waals surface area contributed by atoms with Gasteiger partial charge in [0, 0.05) is 31.5 Å². The molecule has 0 amide bonds. The molecule has 78 valence electrons. The number of hydrogen-bond acceptors (Lipinski definition) is 4. The summed E-state index contributed by atoms with van der Waals surface area (Å²) in [7, 11) is 1.77. The van der Waals surface area contributed by atoms with E-state index in [2.05, 4.69) is 25.8 Å². The van der Waals surface area contributed by atoms with Gasteiger partial charge >= 0.3 is 0 Å². The summed E-state index contributed by atoms with van der Waals surface area (Å²) in [5.74, 6) is 0.669. The summed E-state index contributed by atoms with van der Waals surface area (Å²) in [5.41, 5.74) is 0. The summed E-state index contributed by atoms with van der Waals surface area (Å²) in [6.45, 7) is 3.05. The van der Waals surface area contributed by atoms with Crippen molar-refractivity contribution in [2.45, 2.75) is 6.42 Å². The predicted octanol–water partition coefficient (Wildman–Crippen LogP) is 2.38. The molecule has 3 nitrogen and oxygen atoms in total. The first-order chi connectivity index (χ1) is 6.79. The standard InChI is InChI=1S/C9H13BrN2OS/c1-13-5-7-2-3-12(4-7)9-11-8(10)6-14-9/h6-7H,2-5H2,1H3. The molecule has 0 N–H and O–H groups in total. The number of hydrogen-bond donors (Lipinski definition) is 0. The van der Waals surface area contributed by atoms with Gasteiger partial charge in [-0.1, -0.05) is 0 Å². The highest BCUT2D eigenvalue weighted by atomic mass is 79.9. The third-order valence-corrected chi connectivity index (χ3v) is 4.03. The van der Waals surface area contributed by atoms with E-state index in [4.69, 9.17) is 4.74 Å². The van der Waals surface area contributed by atoms with Crippen LogP contribution in [0, 0.1) is 5.92 Å². The van der Waals surface area contributed by atoms with Crippen molar-refractivity contribution in [3.63, 3.8) is 0 Å². The smallest absolute Gasteiger partial charge is 0.186 e. The molecule has 2 rings (SSSR count). The number of ether oxygens (including phenoxy) is 1. The van der Waals surface area contributed by atoms with Crippen molar-refractivity contribution in [2.75, 3.05) is 31.7 Å². The Bertz CT molecular complexity index is 305. The maximum Gasteiger partial charge on any atom is 0.186 e. The average molecular weight is 277 g/mol. The molecule has 0 saturated carbocycles. The van der Waals surface area contributed by atoms with Gasteiger partial charge in [-0.3, -0.25) is 0 Å². The molecule has 0 radical (unpaired) electrons. The average Bonchev–Trinajstić information content (AvgIpc) is 2.74. The van der Waals surface area contributed by atoms with Crippen LogP contribution in [0.2, 0.25) is 0 Å². The third kappa shape index (κ3) is 2.27. The van der Waals surface area contributed by atoms with Gasteiger partial charge in [0.05, 0.1) is 6.61 Å². The Balaban J connectivity index is 1.95. The Hall–Kier alpha value is -0.130. The van der Waals surface area contributed by atoms with Gasteiger partial charge in [0.1, 0.15) is 4.60 Å². The van der Waals surface area contributed by atoms with Crippen LogP contribution in [0.4, 0.5) is 5.13 Å². The van der Waals surface area contributed by atoms with Crippen molar-refractivity contribution in [1.82, 2.24) is 4.98 Å². The fourth-order valence-electron chi connectivity index (χ4n) is 1.77. The molecule has 1 unspecified atom stereocenters. The van der Waals surface area contributed by atoms with Crippen molar-refractivity contribution < 1.29 is 4.74 Å². The molecule has 0 aliphatic carbocycles. The minimum atomic E-state index is 0.669. The first-order valence-electron chi connectivity index (χ1n) is 4.64. The lowest BCUT2D eigenvalue weighted by Crippen LogP contribution is -2.20. The topological polar surface area (TPSA) is 25.4 Å². The number of thiazole rings is 1. The Labute approximate surface area is 96.2 Å². The summed E-state index contributed by atoms with van der Waals surface area (Å²) in [5, 5.41) is 3.15. The first-order valence-corrected chi connectivity index (χ1v) is 6.32. The number of aromatic nitrogens is 1. The molecule has 1 fully saturated rings. The second-order valence-corrected chi connectivity index (χ2v) is 5.16. The van der Waals surface area contributed by atoms with E-state index >= 15 is 0 Å². The predicted molar refractivity (Wildman–Crippen MR) is 62.0 cm³/mol. The van der Waals surface area contributed by atoms with Crippen LogP contribution >= 0.6 is 27.3 Å². The summed E-state index contributed by atoms with van der Waals surface area (Å²) >= 11 is 5.07. The molecule has 1 aliphatic rings. The van der Waals surface area contributed by atoms with Crippen LogP contribution in [0.1, 0.15) is 6.42 Å². The summed E-state index contributed by atoms with van der Waals surface area (Å²) in [4.78, 5) is 6.74. The van der Waals surface area contributed by atoms with E-state index in [1.807, 2.05) is 5.38 Å². The number of anilines is 1. The van der Waals surface area contributed by atoms with Gasteiger partial charge in [-0.15, -0.1) is 11.3 Å². The maximum atomic E-state index is 5.16. The third-order valence-electron chi connectivity index (χ3n) is 2.42. The second-order valence-electron chi connectivity index (χ2n) is 3.51. The molecule has 1 saturated heterocycles. The lowest BCUT2D eigenvalue weighted by Gasteiger charge is -2.14. The van der Waals surface area contributed by atoms with Gasteiger partial charge in [0.2, 0.25) is 0 Å². The fraction of sp³-hybridized carbons (Fsp3) is 0.667. The molecule has 14 heavy (non-hydrogen) atoms. The van der Waals surface area contributed by atoms with Crippen molar-refractivity contribution in [1.29, 1.82) is 0 Å². The Morgan fingerprint density at radius 3 is 3.29 bits per heavy atom. The van der Waals surface area contributed by atoms with Crippen LogP contribution in [0.3, 0.4) is 0 Å². The number of rotatable bonds is 3. The van der Waals surface area contributed by atoms with Crippen molar-refractivity contribution in [3.05, 3.63) is 9.98 Å². The molecule has 0 bridgehead atoms. The molecule has 0 spiro atoms. The van der Waals surface area contributed by atoms with Gasteiger partial charge in [0.15, 0.2) is 5.13 Å². The minimum Gasteiger partial charge on any atom is -0.384 e. The zero-order valence-electron chi connectivity index (χ0n) is 8.07. The van der Waals surface area contributed by atoms with Crippen LogP contribution in [0.25, 0.3) is 0 Å². The summed E-state index contributed by atoms with van der Waals surface area (Å²) in [6.07, 6.45) is 1.21. The molecular weight excluding hydrogens is 264 g/mol. The molecule has 1 atom stereocenters. The van der Waals surface area contributed by atoms with Gasteiger partial charge in [0.25, 0.3) is 0 Å². The normalized spacial score (nSPS) is 21.9. The molecule has 1 aromatic heterocycles. The number of methoxy groups -OCH3 is 1. The Morgan fingerprint density at radius 2 is 2.64 bits per heavy atom. The monoisotopic (exact) mass is 276 g/mol. The Morgan fingerprint density at radius 1 is 1.79 bits per heavy atom. The Kier molecular flexibility index (Phi) is 3.41. The molecule has 5 heteroatoms. The summed E-state index contributed by atoms with van der Waals surface area (Å²) in [6, 6.07) is 0. The number of halogens is 1. The lowest BCUT2D eigenvalue weighted by atomic mass is 10.1. The molecule has 1 aliphatic heterocycles. The van der Waals surface area contributed by atoms with Crippen molar-refractivity contribution in [2.24, 2.45) is 5.92 Å². The second kappa shape index (κ2) is 4.59. The molecule has 0 aromatic carbocycles. The highest BCUT2D eigenvalue weighted by Crippen LogP contribution is 2.28. The molecule has 1 aromatic rings. The van der Waals surface area contributed by atoms with Crippen LogP contribution in [-0.4, -0.2) is 31.8 Å². The van der Waals surface area contributed by atoms with E-state index in [-0.39, 0.29) is 0 Å².